The maximum Gasteiger partial charge on any atom is -0.153 e. The molecule has 0 heterocycles. The van der Waals surface area contributed by atoms with Crippen LogP contribution < -0.4 is 0 Å². The molecule has 0 aromatic carbocycles. The zero-order chi connectivity index (χ0) is 6.62. The molecule has 0 saturated carbocycles. The first-order valence-corrected chi connectivity index (χ1v) is 4.71. The van der Waals surface area contributed by atoms with Crippen LogP contribution in [0.3, 0.4) is 0 Å². The van der Waals surface area contributed by atoms with Gasteiger partial charge in [0.15, 0.2) is 0 Å². The molecule has 0 aliphatic heterocycles. The molecule has 9 heavy (non-hydrogen) atoms. The minimum Gasteiger partial charge on any atom is -0.153 e. The van der Waals surface area contributed by atoms with Gasteiger partial charge in [0.1, 0.15) is 0 Å². The molecule has 3 N–H and O–H groups in total. The van der Waals surface area contributed by atoms with Crippen LogP contribution in [0, 0.1) is 0 Å². The van der Waals surface area contributed by atoms with E-state index in [4.69, 9.17) is 11.1 Å². The first-order valence-electron chi connectivity index (χ1n) is 1.98. The van der Waals surface area contributed by atoms with Crippen molar-refractivity contribution >= 4 is 9.90 Å². The van der Waals surface area contributed by atoms with Crippen LogP contribution in [0.2, 0.25) is 0 Å². The van der Waals surface area contributed by atoms with E-state index in [1.54, 1.807) is 0 Å². The Morgan fingerprint density at radius 3 is 2.00 bits per heavy atom. The zero-order valence-electron chi connectivity index (χ0n) is 4.95. The van der Waals surface area contributed by atoms with Gasteiger partial charge in [-0.2, -0.15) is 9.90 Å². The van der Waals surface area contributed by atoms with Crippen LogP contribution in [-0.4, -0.2) is 17.7 Å². The molecule has 1 atom stereocenters. The molecule has 0 saturated heterocycles. The summed E-state index contributed by atoms with van der Waals surface area (Å²) in [5.41, 5.74) is 0. The molecule has 0 radical (unpaired) electrons. The van der Waals surface area contributed by atoms with E-state index in [2.05, 4.69) is 9.90 Å². The Bertz CT molecular complexity index is 80.4. The second-order valence-corrected chi connectivity index (χ2v) is 3.42. The van der Waals surface area contributed by atoms with E-state index in [1.807, 2.05) is 0 Å². The van der Waals surface area contributed by atoms with Gasteiger partial charge < -0.3 is 0 Å². The molecule has 6 heteroatoms. The first kappa shape index (κ1) is 12.4. The molecule has 0 rings (SSSR count). The summed E-state index contributed by atoms with van der Waals surface area (Å²) in [6.45, 7) is 3.21. The van der Waals surface area contributed by atoms with Crippen molar-refractivity contribution in [3.05, 3.63) is 12.7 Å². The van der Waals surface area contributed by atoms with Crippen LogP contribution >= 0.6 is 9.90 Å². The molecule has 4 nitrogen and oxygen atoms in total. The Morgan fingerprint density at radius 2 is 1.89 bits per heavy atom. The molecular weight excluding hydrogens is 179 g/mol. The normalized spacial score (nSPS) is 10.1. The second kappa shape index (κ2) is 5.50. The minimum absolute atomic E-state index is 0. The molecule has 0 aromatic rings. The van der Waals surface area contributed by atoms with E-state index in [-0.39, 0.29) is 16.5 Å². The molecule has 0 aromatic heterocycles. The summed E-state index contributed by atoms with van der Waals surface area (Å²) in [5, 5.41) is 0. The number of hydrogen-bond donors (Lipinski definition) is 3. The van der Waals surface area contributed by atoms with Gasteiger partial charge in [-0.3, -0.25) is 0 Å². The van der Waals surface area contributed by atoms with Crippen LogP contribution in [0.1, 0.15) is 0 Å². The van der Waals surface area contributed by atoms with Crippen molar-refractivity contribution in [2.45, 2.75) is 0 Å². The maximum absolute atomic E-state index is 8.18. The molecular formula is C3H11O4PTi. The van der Waals surface area contributed by atoms with Gasteiger partial charge in [0.05, 0.1) is 0 Å². The summed E-state index contributed by atoms with van der Waals surface area (Å²) in [6.07, 6.45) is 1.32. The standard InChI is InChI=1S/C3H5O.3H2O.H3P.Ti/c1-2-3-4;;;;;/h2H,1,3H2;3*1H2;1H3;/q-1;;;;;+4/p-3. The summed E-state index contributed by atoms with van der Waals surface area (Å²) in [5.74, 6) is 0. The van der Waals surface area contributed by atoms with Crippen LogP contribution in [0.25, 0.3) is 0 Å². The van der Waals surface area contributed by atoms with E-state index in [1.165, 1.54) is 6.08 Å². The molecule has 0 amide bonds. The molecule has 0 aliphatic rings. The van der Waals surface area contributed by atoms with Gasteiger partial charge >= 0.3 is 51.8 Å². The molecule has 0 fully saturated rings. The van der Waals surface area contributed by atoms with Crippen molar-refractivity contribution < 1.29 is 32.5 Å². The van der Waals surface area contributed by atoms with Gasteiger partial charge in [-0.15, -0.1) is 0 Å². The van der Waals surface area contributed by atoms with Crippen molar-refractivity contribution in [1.82, 2.24) is 0 Å². The van der Waals surface area contributed by atoms with E-state index >= 15 is 0 Å². The fourth-order valence-corrected chi connectivity index (χ4v) is 0.704. The van der Waals surface area contributed by atoms with E-state index in [0.717, 1.165) is 0 Å². The fraction of sp³-hybridized carbons (Fsp3) is 0.333. The van der Waals surface area contributed by atoms with Crippen LogP contribution in [0.15, 0.2) is 12.7 Å². The van der Waals surface area contributed by atoms with Crippen LogP contribution in [0.4, 0.5) is 0 Å². The monoisotopic (exact) mass is 190 g/mol. The predicted octanol–water partition coefficient (Wildman–Crippen LogP) is -0.962. The minimum atomic E-state index is -4.68. The largest absolute Gasteiger partial charge is 0.153 e. The predicted molar refractivity (Wildman–Crippen MR) is 33.9 cm³/mol. The molecule has 1 unspecified atom stereocenters. The second-order valence-electron chi connectivity index (χ2n) is 1.17. The Labute approximate surface area is 62.0 Å². The van der Waals surface area contributed by atoms with Crippen LogP contribution in [0.5, 0.6) is 0 Å². The van der Waals surface area contributed by atoms with Crippen molar-refractivity contribution in [2.75, 3.05) is 6.61 Å². The summed E-state index contributed by atoms with van der Waals surface area (Å²) in [6, 6.07) is 0. The van der Waals surface area contributed by atoms with Gasteiger partial charge in [-0.1, -0.05) is 0 Å². The van der Waals surface area contributed by atoms with Gasteiger partial charge in [-0.05, 0) is 0 Å². The Morgan fingerprint density at radius 1 is 1.44 bits per heavy atom. The number of rotatable bonds is 3. The zero-order valence-corrected chi connectivity index (χ0v) is 7.92. The van der Waals surface area contributed by atoms with Crippen molar-refractivity contribution in [2.24, 2.45) is 0 Å². The molecule has 0 spiro atoms. The molecule has 0 aliphatic carbocycles. The Kier molecular flexibility index (Phi) is 7.59. The Hall–Kier alpha value is 0.724. The first-order chi connectivity index (χ1) is 3.56. The summed E-state index contributed by atoms with van der Waals surface area (Å²) < 4.78 is 28.6. The fourth-order valence-electron chi connectivity index (χ4n) is 0.171. The van der Waals surface area contributed by atoms with Gasteiger partial charge in [0.25, 0.3) is 0 Å². The van der Waals surface area contributed by atoms with E-state index in [9.17, 15) is 0 Å². The third-order valence-electron chi connectivity index (χ3n) is 0.395. The molecule has 0 bridgehead atoms. The SMILES string of the molecule is C=CC[O][Ti]([OH])([OH])[OH].P. The summed E-state index contributed by atoms with van der Waals surface area (Å²) in [4.78, 5) is 0. The van der Waals surface area contributed by atoms with E-state index in [0.29, 0.717) is 0 Å². The van der Waals surface area contributed by atoms with Gasteiger partial charge in [0.2, 0.25) is 0 Å². The third-order valence-corrected chi connectivity index (χ3v) is 1.26. The average molecular weight is 190 g/mol. The smallest absolute Gasteiger partial charge is 0.153 e. The Balaban J connectivity index is 0. The number of hydrogen-bond acceptors (Lipinski definition) is 4. The van der Waals surface area contributed by atoms with Crippen molar-refractivity contribution in [3.63, 3.8) is 0 Å². The van der Waals surface area contributed by atoms with E-state index < -0.39 is 18.1 Å². The maximum atomic E-state index is 8.18. The molecule has 56 valence electrons. The topological polar surface area (TPSA) is 69.9 Å². The van der Waals surface area contributed by atoms with Crippen LogP contribution in [-0.2, 0) is 21.5 Å². The third kappa shape index (κ3) is 12.0. The summed E-state index contributed by atoms with van der Waals surface area (Å²) >= 11 is -4.68. The van der Waals surface area contributed by atoms with Gasteiger partial charge in [-0.25, -0.2) is 0 Å². The van der Waals surface area contributed by atoms with Gasteiger partial charge in [0, 0.05) is 0 Å². The summed E-state index contributed by atoms with van der Waals surface area (Å²) in [7, 11) is 0. The quantitative estimate of drug-likeness (QED) is 0.304. The van der Waals surface area contributed by atoms with Crippen molar-refractivity contribution in [3.8, 4) is 0 Å². The average Bonchev–Trinajstić information content (AvgIpc) is 1.59. The van der Waals surface area contributed by atoms with Crippen molar-refractivity contribution in [1.29, 1.82) is 0 Å².